The standard InChI is InChI=1S/C17H18O4S/c18-22(19,16-11-5-2-6-12-16)21-17(13-7-8-14-20-17)15-9-3-1-4-10-15/h1-6,9-12H,7-8,13-14H2. The van der Waals surface area contributed by atoms with E-state index in [-0.39, 0.29) is 4.90 Å². The van der Waals surface area contributed by atoms with Crippen molar-refractivity contribution in [1.82, 2.24) is 0 Å². The Hall–Kier alpha value is -1.69. The van der Waals surface area contributed by atoms with Gasteiger partial charge in [0.1, 0.15) is 0 Å². The van der Waals surface area contributed by atoms with E-state index in [0.29, 0.717) is 13.0 Å². The third-order valence-electron chi connectivity index (χ3n) is 3.73. The van der Waals surface area contributed by atoms with Gasteiger partial charge >= 0.3 is 0 Å². The second-order valence-electron chi connectivity index (χ2n) is 5.28. The molecule has 0 N–H and O–H groups in total. The monoisotopic (exact) mass is 318 g/mol. The predicted octanol–water partition coefficient (Wildman–Crippen LogP) is 3.45. The summed E-state index contributed by atoms with van der Waals surface area (Å²) in [5.74, 6) is -1.23. The minimum Gasteiger partial charge on any atom is -0.345 e. The van der Waals surface area contributed by atoms with Gasteiger partial charge in [-0.1, -0.05) is 48.5 Å². The van der Waals surface area contributed by atoms with Crippen molar-refractivity contribution in [3.8, 4) is 0 Å². The van der Waals surface area contributed by atoms with Crippen LogP contribution in [-0.2, 0) is 24.8 Å². The summed E-state index contributed by atoms with van der Waals surface area (Å²) in [6.07, 6.45) is 2.28. The summed E-state index contributed by atoms with van der Waals surface area (Å²) in [7, 11) is -3.89. The Balaban J connectivity index is 1.98. The molecule has 3 rings (SSSR count). The van der Waals surface area contributed by atoms with Gasteiger partial charge in [-0.3, -0.25) is 0 Å². The van der Waals surface area contributed by atoms with E-state index in [0.717, 1.165) is 18.4 Å². The van der Waals surface area contributed by atoms with Gasteiger partial charge in [0, 0.05) is 12.0 Å². The third-order valence-corrected chi connectivity index (χ3v) is 5.06. The Morgan fingerprint density at radius 3 is 2.14 bits per heavy atom. The van der Waals surface area contributed by atoms with Gasteiger partial charge in [0.2, 0.25) is 5.79 Å². The van der Waals surface area contributed by atoms with Crippen LogP contribution in [0.25, 0.3) is 0 Å². The number of hydrogen-bond donors (Lipinski definition) is 0. The van der Waals surface area contributed by atoms with Crippen LogP contribution in [0.3, 0.4) is 0 Å². The highest BCUT2D eigenvalue weighted by Crippen LogP contribution is 2.38. The van der Waals surface area contributed by atoms with Crippen LogP contribution in [-0.4, -0.2) is 15.0 Å². The van der Waals surface area contributed by atoms with Crippen LogP contribution in [0.1, 0.15) is 24.8 Å². The van der Waals surface area contributed by atoms with Gasteiger partial charge in [-0.2, -0.15) is 8.42 Å². The number of ether oxygens (including phenoxy) is 1. The molecular formula is C17H18O4S. The molecule has 0 spiro atoms. The van der Waals surface area contributed by atoms with Gasteiger partial charge in [0.05, 0.1) is 11.5 Å². The van der Waals surface area contributed by atoms with E-state index in [1.807, 2.05) is 30.3 Å². The van der Waals surface area contributed by atoms with Crippen molar-refractivity contribution < 1.29 is 17.3 Å². The van der Waals surface area contributed by atoms with Crippen molar-refractivity contribution in [3.05, 3.63) is 66.2 Å². The van der Waals surface area contributed by atoms with Gasteiger partial charge < -0.3 is 4.74 Å². The second kappa shape index (κ2) is 6.20. The molecule has 4 nitrogen and oxygen atoms in total. The minimum atomic E-state index is -3.89. The summed E-state index contributed by atoms with van der Waals surface area (Å²) >= 11 is 0. The summed E-state index contributed by atoms with van der Waals surface area (Å²) in [4.78, 5) is 0.138. The normalized spacial score (nSPS) is 22.4. The van der Waals surface area contributed by atoms with Crippen molar-refractivity contribution in [2.75, 3.05) is 6.61 Å². The Morgan fingerprint density at radius 2 is 1.55 bits per heavy atom. The zero-order valence-corrected chi connectivity index (χ0v) is 13.0. The Kier molecular flexibility index (Phi) is 4.29. The van der Waals surface area contributed by atoms with Crippen molar-refractivity contribution in [1.29, 1.82) is 0 Å². The molecule has 5 heteroatoms. The fraction of sp³-hybridized carbons (Fsp3) is 0.294. The SMILES string of the molecule is O=S(=O)(OC1(c2ccccc2)CCCCO1)c1ccccc1. The first-order chi connectivity index (χ1) is 10.6. The van der Waals surface area contributed by atoms with E-state index in [4.69, 9.17) is 8.92 Å². The molecule has 2 aromatic carbocycles. The highest BCUT2D eigenvalue weighted by molar-refractivity contribution is 7.86. The van der Waals surface area contributed by atoms with Crippen molar-refractivity contribution in [2.24, 2.45) is 0 Å². The lowest BCUT2D eigenvalue weighted by atomic mass is 9.98. The molecule has 1 saturated heterocycles. The molecule has 2 aromatic rings. The topological polar surface area (TPSA) is 52.6 Å². The van der Waals surface area contributed by atoms with E-state index in [2.05, 4.69) is 0 Å². The van der Waals surface area contributed by atoms with E-state index in [1.54, 1.807) is 18.2 Å². The van der Waals surface area contributed by atoms with Gasteiger partial charge in [-0.25, -0.2) is 4.18 Å². The summed E-state index contributed by atoms with van der Waals surface area (Å²) in [5, 5.41) is 0. The average molecular weight is 318 g/mol. The fourth-order valence-corrected chi connectivity index (χ4v) is 3.78. The van der Waals surface area contributed by atoms with Crippen LogP contribution in [0.2, 0.25) is 0 Å². The summed E-state index contributed by atoms with van der Waals surface area (Å²) in [6, 6.07) is 17.4. The van der Waals surface area contributed by atoms with E-state index >= 15 is 0 Å². The number of hydrogen-bond acceptors (Lipinski definition) is 4. The quantitative estimate of drug-likeness (QED) is 0.810. The lowest BCUT2D eigenvalue weighted by Gasteiger charge is -2.36. The fourth-order valence-electron chi connectivity index (χ4n) is 2.62. The molecule has 0 amide bonds. The first kappa shape index (κ1) is 15.2. The van der Waals surface area contributed by atoms with Crippen LogP contribution < -0.4 is 0 Å². The Morgan fingerprint density at radius 1 is 0.909 bits per heavy atom. The van der Waals surface area contributed by atoms with E-state index in [1.165, 1.54) is 12.1 Å². The molecule has 1 aliphatic heterocycles. The van der Waals surface area contributed by atoms with Crippen LogP contribution >= 0.6 is 0 Å². The van der Waals surface area contributed by atoms with Gasteiger partial charge in [-0.15, -0.1) is 0 Å². The Bertz CT molecular complexity index is 705. The van der Waals surface area contributed by atoms with Crippen molar-refractivity contribution in [3.63, 3.8) is 0 Å². The van der Waals surface area contributed by atoms with Crippen molar-refractivity contribution in [2.45, 2.75) is 29.9 Å². The maximum atomic E-state index is 12.6. The van der Waals surface area contributed by atoms with Gasteiger partial charge in [0.25, 0.3) is 10.1 Å². The maximum absolute atomic E-state index is 12.6. The molecule has 1 aliphatic rings. The van der Waals surface area contributed by atoms with Gasteiger partial charge in [0.15, 0.2) is 0 Å². The largest absolute Gasteiger partial charge is 0.345 e. The summed E-state index contributed by atoms with van der Waals surface area (Å²) in [5.41, 5.74) is 0.731. The smallest absolute Gasteiger partial charge is 0.299 e. The first-order valence-corrected chi connectivity index (χ1v) is 8.73. The molecule has 0 saturated carbocycles. The maximum Gasteiger partial charge on any atom is 0.299 e. The highest BCUT2D eigenvalue weighted by atomic mass is 32.2. The molecule has 0 aliphatic carbocycles. The molecule has 1 heterocycles. The lowest BCUT2D eigenvalue weighted by molar-refractivity contribution is -0.211. The van der Waals surface area contributed by atoms with Crippen molar-refractivity contribution >= 4 is 10.1 Å². The predicted molar refractivity (Wildman–Crippen MR) is 82.6 cm³/mol. The van der Waals surface area contributed by atoms with Crippen LogP contribution in [0.5, 0.6) is 0 Å². The third kappa shape index (κ3) is 3.06. The molecule has 1 fully saturated rings. The second-order valence-corrected chi connectivity index (χ2v) is 6.82. The van der Waals surface area contributed by atoms with Crippen LogP contribution in [0.15, 0.2) is 65.6 Å². The zero-order chi connectivity index (χ0) is 15.5. The molecule has 1 unspecified atom stereocenters. The van der Waals surface area contributed by atoms with Crippen LogP contribution in [0.4, 0.5) is 0 Å². The van der Waals surface area contributed by atoms with Crippen LogP contribution in [0, 0.1) is 0 Å². The average Bonchev–Trinajstić information content (AvgIpc) is 2.57. The molecule has 116 valence electrons. The first-order valence-electron chi connectivity index (χ1n) is 7.33. The zero-order valence-electron chi connectivity index (χ0n) is 12.1. The highest BCUT2D eigenvalue weighted by Gasteiger charge is 2.41. The molecule has 22 heavy (non-hydrogen) atoms. The molecular weight excluding hydrogens is 300 g/mol. The van der Waals surface area contributed by atoms with E-state index < -0.39 is 15.9 Å². The molecule has 1 atom stereocenters. The van der Waals surface area contributed by atoms with E-state index in [9.17, 15) is 8.42 Å². The Labute approximate surface area is 130 Å². The van der Waals surface area contributed by atoms with Gasteiger partial charge in [-0.05, 0) is 25.0 Å². The summed E-state index contributed by atoms with van der Waals surface area (Å²) < 4.78 is 36.5. The lowest BCUT2D eigenvalue weighted by Crippen LogP contribution is -2.38. The molecule has 0 bridgehead atoms. The minimum absolute atomic E-state index is 0.138. The summed E-state index contributed by atoms with van der Waals surface area (Å²) in [6.45, 7) is 0.485. The number of rotatable bonds is 4. The number of benzene rings is 2. The molecule has 0 radical (unpaired) electrons. The molecule has 0 aromatic heterocycles.